The number of likely N-dealkylation sites (tertiary alicyclic amines) is 1. The Balaban J connectivity index is 2.54. The Hall–Kier alpha value is -1.06. The van der Waals surface area contributed by atoms with Crippen LogP contribution >= 0.6 is 0 Å². The fourth-order valence-corrected chi connectivity index (χ4v) is 1.59. The first kappa shape index (κ1) is 10.0. The topological polar surface area (TPSA) is 49.4 Å². The lowest BCUT2D eigenvalue weighted by atomic mass is 9.92. The van der Waals surface area contributed by atoms with Crippen molar-refractivity contribution in [3.63, 3.8) is 0 Å². The van der Waals surface area contributed by atoms with Crippen LogP contribution in [0.5, 0.6) is 0 Å². The molecule has 4 heteroatoms. The van der Waals surface area contributed by atoms with E-state index >= 15 is 0 Å². The molecule has 1 rings (SSSR count). The number of carbonyl (C=O) groups is 2. The van der Waals surface area contributed by atoms with Crippen LogP contribution in [0.4, 0.5) is 0 Å². The van der Waals surface area contributed by atoms with E-state index in [0.29, 0.717) is 5.92 Å². The first-order valence-electron chi connectivity index (χ1n) is 4.60. The molecule has 2 amide bonds. The predicted molar refractivity (Wildman–Crippen MR) is 49.0 cm³/mol. The summed E-state index contributed by atoms with van der Waals surface area (Å²) in [7, 11) is 1.48. The highest BCUT2D eigenvalue weighted by atomic mass is 16.2. The minimum Gasteiger partial charge on any atom is -0.351 e. The van der Waals surface area contributed by atoms with Gasteiger partial charge in [-0.05, 0) is 12.3 Å². The van der Waals surface area contributed by atoms with Crippen LogP contribution in [0.15, 0.2) is 0 Å². The van der Waals surface area contributed by atoms with E-state index in [1.165, 1.54) is 7.05 Å². The highest BCUT2D eigenvalue weighted by Crippen LogP contribution is 2.24. The lowest BCUT2D eigenvalue weighted by molar-refractivity contribution is -0.152. The van der Waals surface area contributed by atoms with E-state index in [4.69, 9.17) is 0 Å². The molecule has 0 radical (unpaired) electrons. The average molecular weight is 184 g/mol. The van der Waals surface area contributed by atoms with Crippen molar-refractivity contribution in [2.24, 2.45) is 5.92 Å². The van der Waals surface area contributed by atoms with Crippen LogP contribution in [0.3, 0.4) is 0 Å². The summed E-state index contributed by atoms with van der Waals surface area (Å²) >= 11 is 0. The third-order valence-corrected chi connectivity index (χ3v) is 2.52. The molecule has 0 saturated carbocycles. The summed E-state index contributed by atoms with van der Waals surface area (Å²) in [5, 5.41) is 2.34. The quantitative estimate of drug-likeness (QED) is 0.583. The van der Waals surface area contributed by atoms with Crippen molar-refractivity contribution in [2.45, 2.75) is 26.3 Å². The molecule has 0 spiro atoms. The number of nitrogens with zero attached hydrogens (tertiary/aromatic N) is 1. The summed E-state index contributed by atoms with van der Waals surface area (Å²) in [4.78, 5) is 24.0. The van der Waals surface area contributed by atoms with Gasteiger partial charge in [0.1, 0.15) is 0 Å². The monoisotopic (exact) mass is 184 g/mol. The molecule has 0 aliphatic carbocycles. The van der Waals surface area contributed by atoms with Crippen molar-refractivity contribution in [1.82, 2.24) is 10.2 Å². The number of rotatable bonds is 1. The van der Waals surface area contributed by atoms with Crippen LogP contribution in [0.1, 0.15) is 20.3 Å². The molecule has 1 aliphatic heterocycles. The summed E-state index contributed by atoms with van der Waals surface area (Å²) in [5.74, 6) is -0.472. The zero-order valence-electron chi connectivity index (χ0n) is 8.33. The molecule has 0 aromatic carbocycles. The SMILES string of the molecule is CNC(=O)C(=O)N1CCC1C(C)C. The molecular weight excluding hydrogens is 168 g/mol. The van der Waals surface area contributed by atoms with Gasteiger partial charge in [-0.3, -0.25) is 9.59 Å². The minimum atomic E-state index is -0.509. The zero-order chi connectivity index (χ0) is 10.0. The Morgan fingerprint density at radius 1 is 1.46 bits per heavy atom. The largest absolute Gasteiger partial charge is 0.351 e. The second-order valence-corrected chi connectivity index (χ2v) is 3.68. The molecule has 0 aromatic heterocycles. The van der Waals surface area contributed by atoms with Crippen molar-refractivity contribution in [2.75, 3.05) is 13.6 Å². The Morgan fingerprint density at radius 2 is 2.08 bits per heavy atom. The number of nitrogens with one attached hydrogen (secondary N) is 1. The molecule has 1 saturated heterocycles. The Morgan fingerprint density at radius 3 is 2.38 bits per heavy atom. The predicted octanol–water partition coefficient (Wildman–Crippen LogP) is -0.0107. The summed E-state index contributed by atoms with van der Waals surface area (Å²) in [6.45, 7) is 4.84. The Labute approximate surface area is 78.3 Å². The van der Waals surface area contributed by atoms with Gasteiger partial charge >= 0.3 is 11.8 Å². The van der Waals surface area contributed by atoms with E-state index < -0.39 is 11.8 Å². The van der Waals surface area contributed by atoms with Crippen molar-refractivity contribution in [1.29, 1.82) is 0 Å². The van der Waals surface area contributed by atoms with Gasteiger partial charge in [-0.1, -0.05) is 13.8 Å². The standard InChI is InChI=1S/C9H16N2O2/c1-6(2)7-4-5-11(7)9(13)8(12)10-3/h6-7H,4-5H2,1-3H3,(H,10,12). The maximum Gasteiger partial charge on any atom is 0.312 e. The summed E-state index contributed by atoms with van der Waals surface area (Å²) in [6, 6.07) is 0.254. The molecule has 0 aromatic rings. The number of likely N-dealkylation sites (N-methyl/N-ethyl adjacent to an activating group) is 1. The van der Waals surface area contributed by atoms with Gasteiger partial charge in [-0.25, -0.2) is 0 Å². The van der Waals surface area contributed by atoms with E-state index in [1.807, 2.05) is 0 Å². The molecule has 4 nitrogen and oxygen atoms in total. The summed E-state index contributed by atoms with van der Waals surface area (Å²) in [5.41, 5.74) is 0. The summed E-state index contributed by atoms with van der Waals surface area (Å²) < 4.78 is 0. The Kier molecular flexibility index (Phi) is 2.90. The molecule has 1 N–H and O–H groups in total. The van der Waals surface area contributed by atoms with Crippen molar-refractivity contribution in [3.8, 4) is 0 Å². The van der Waals surface area contributed by atoms with Crippen LogP contribution in [0.25, 0.3) is 0 Å². The van der Waals surface area contributed by atoms with E-state index in [2.05, 4.69) is 19.2 Å². The maximum atomic E-state index is 11.4. The van der Waals surface area contributed by atoms with E-state index in [0.717, 1.165) is 13.0 Å². The lowest BCUT2D eigenvalue weighted by Gasteiger charge is -2.42. The number of hydrogen-bond acceptors (Lipinski definition) is 2. The van der Waals surface area contributed by atoms with Gasteiger partial charge in [0.2, 0.25) is 0 Å². The van der Waals surface area contributed by atoms with Gasteiger partial charge in [0.15, 0.2) is 0 Å². The molecule has 74 valence electrons. The third-order valence-electron chi connectivity index (χ3n) is 2.52. The van der Waals surface area contributed by atoms with Crippen molar-refractivity contribution < 1.29 is 9.59 Å². The second kappa shape index (κ2) is 3.77. The number of hydrogen-bond donors (Lipinski definition) is 1. The molecule has 1 fully saturated rings. The van der Waals surface area contributed by atoms with Gasteiger partial charge in [0.05, 0.1) is 0 Å². The highest BCUT2D eigenvalue weighted by molar-refractivity contribution is 6.35. The lowest BCUT2D eigenvalue weighted by Crippen LogP contribution is -2.57. The first-order valence-corrected chi connectivity index (χ1v) is 4.60. The number of carbonyl (C=O) groups excluding carboxylic acids is 2. The zero-order valence-corrected chi connectivity index (χ0v) is 8.33. The van der Waals surface area contributed by atoms with Gasteiger partial charge in [0, 0.05) is 19.6 Å². The second-order valence-electron chi connectivity index (χ2n) is 3.68. The fourth-order valence-electron chi connectivity index (χ4n) is 1.59. The molecule has 0 bridgehead atoms. The highest BCUT2D eigenvalue weighted by Gasteiger charge is 2.36. The van der Waals surface area contributed by atoms with Gasteiger partial charge in [0.25, 0.3) is 0 Å². The van der Waals surface area contributed by atoms with Gasteiger partial charge < -0.3 is 10.2 Å². The van der Waals surface area contributed by atoms with Crippen LogP contribution in [-0.4, -0.2) is 36.3 Å². The fraction of sp³-hybridized carbons (Fsp3) is 0.778. The number of amides is 2. The molecule has 1 heterocycles. The Bertz CT molecular complexity index is 226. The minimum absolute atomic E-state index is 0.254. The third kappa shape index (κ3) is 1.82. The molecule has 1 aliphatic rings. The van der Waals surface area contributed by atoms with Gasteiger partial charge in [-0.15, -0.1) is 0 Å². The van der Waals surface area contributed by atoms with Crippen LogP contribution in [-0.2, 0) is 9.59 Å². The van der Waals surface area contributed by atoms with E-state index in [9.17, 15) is 9.59 Å². The van der Waals surface area contributed by atoms with Crippen LogP contribution < -0.4 is 5.32 Å². The average Bonchev–Trinajstić information content (AvgIpc) is 1.99. The van der Waals surface area contributed by atoms with E-state index in [1.54, 1.807) is 4.90 Å². The van der Waals surface area contributed by atoms with Crippen LogP contribution in [0, 0.1) is 5.92 Å². The van der Waals surface area contributed by atoms with Crippen molar-refractivity contribution in [3.05, 3.63) is 0 Å². The maximum absolute atomic E-state index is 11.4. The molecule has 1 unspecified atom stereocenters. The molecule has 1 atom stereocenters. The molecular formula is C9H16N2O2. The smallest absolute Gasteiger partial charge is 0.312 e. The molecule has 13 heavy (non-hydrogen) atoms. The summed E-state index contributed by atoms with van der Waals surface area (Å²) in [6.07, 6.45) is 1.01. The first-order chi connectivity index (χ1) is 6.07. The van der Waals surface area contributed by atoms with Gasteiger partial charge in [-0.2, -0.15) is 0 Å². The normalized spacial score (nSPS) is 21.2. The van der Waals surface area contributed by atoms with Crippen molar-refractivity contribution >= 4 is 11.8 Å². The van der Waals surface area contributed by atoms with E-state index in [-0.39, 0.29) is 6.04 Å². The van der Waals surface area contributed by atoms with Crippen LogP contribution in [0.2, 0.25) is 0 Å².